The molecule has 9 atom stereocenters. The summed E-state index contributed by atoms with van der Waals surface area (Å²) < 4.78 is 0. The van der Waals surface area contributed by atoms with E-state index in [9.17, 15) is 5.11 Å². The molecule has 0 radical (unpaired) electrons. The standard InChI is InChI=1S/C27H48O/c1-18(11-14-25(2,3)4)22-9-10-23-21-8-7-19-17-20(28)12-15-26(19,5)24(21)13-16-27(22,23)6/h18-24,28H,7-17H2,1-6H3/t18?,19?,20?,21?,22?,23?,24?,26-,27+/m0/s1. The van der Waals surface area contributed by atoms with Crippen LogP contribution in [0.25, 0.3) is 0 Å². The summed E-state index contributed by atoms with van der Waals surface area (Å²) in [5, 5.41) is 10.3. The van der Waals surface area contributed by atoms with E-state index in [1.165, 1.54) is 57.8 Å². The normalized spacial score (nSPS) is 49.8. The molecule has 4 rings (SSSR count). The Morgan fingerprint density at radius 2 is 1.57 bits per heavy atom. The van der Waals surface area contributed by atoms with Gasteiger partial charge in [0.15, 0.2) is 0 Å². The summed E-state index contributed by atoms with van der Waals surface area (Å²) in [7, 11) is 0. The van der Waals surface area contributed by atoms with E-state index in [4.69, 9.17) is 0 Å². The first-order valence-corrected chi connectivity index (χ1v) is 12.7. The highest BCUT2D eigenvalue weighted by atomic mass is 16.3. The van der Waals surface area contributed by atoms with Gasteiger partial charge in [0.1, 0.15) is 0 Å². The molecule has 4 fully saturated rings. The van der Waals surface area contributed by atoms with Crippen molar-refractivity contribution in [2.75, 3.05) is 0 Å². The Hall–Kier alpha value is -0.0400. The lowest BCUT2D eigenvalue weighted by atomic mass is 9.44. The van der Waals surface area contributed by atoms with Gasteiger partial charge < -0.3 is 5.11 Å². The van der Waals surface area contributed by atoms with Gasteiger partial charge in [-0.3, -0.25) is 0 Å². The fourth-order valence-electron chi connectivity index (χ4n) is 9.07. The van der Waals surface area contributed by atoms with Crippen molar-refractivity contribution < 1.29 is 5.11 Å². The molecule has 0 amide bonds. The van der Waals surface area contributed by atoms with Gasteiger partial charge in [0.25, 0.3) is 0 Å². The zero-order chi connectivity index (χ0) is 20.3. The molecule has 1 heteroatoms. The summed E-state index contributed by atoms with van der Waals surface area (Å²) in [5.41, 5.74) is 1.61. The second kappa shape index (κ2) is 7.28. The Morgan fingerprint density at radius 3 is 2.29 bits per heavy atom. The van der Waals surface area contributed by atoms with E-state index in [-0.39, 0.29) is 6.10 Å². The molecule has 0 bridgehead atoms. The molecule has 1 nitrogen and oxygen atoms in total. The first-order valence-electron chi connectivity index (χ1n) is 12.7. The number of fused-ring (bicyclic) bond motifs is 5. The Bertz CT molecular complexity index is 561. The average Bonchev–Trinajstić information content (AvgIpc) is 2.97. The van der Waals surface area contributed by atoms with Crippen molar-refractivity contribution >= 4 is 0 Å². The molecule has 1 N–H and O–H groups in total. The van der Waals surface area contributed by atoms with E-state index in [2.05, 4.69) is 41.5 Å². The summed E-state index contributed by atoms with van der Waals surface area (Å²) in [6.45, 7) is 15.1. The van der Waals surface area contributed by atoms with Crippen LogP contribution in [-0.2, 0) is 0 Å². The predicted octanol–water partition coefficient (Wildman–Crippen LogP) is 7.47. The van der Waals surface area contributed by atoms with Crippen LogP contribution in [0.4, 0.5) is 0 Å². The van der Waals surface area contributed by atoms with Crippen molar-refractivity contribution in [2.24, 2.45) is 51.8 Å². The first-order chi connectivity index (χ1) is 13.0. The maximum Gasteiger partial charge on any atom is 0.0543 e. The molecule has 0 aromatic heterocycles. The van der Waals surface area contributed by atoms with E-state index >= 15 is 0 Å². The van der Waals surface area contributed by atoms with Crippen LogP contribution in [0.2, 0.25) is 0 Å². The van der Waals surface area contributed by atoms with Gasteiger partial charge in [-0.15, -0.1) is 0 Å². The molecule has 0 aromatic rings. The van der Waals surface area contributed by atoms with Crippen LogP contribution in [0.5, 0.6) is 0 Å². The Kier molecular flexibility index (Phi) is 5.51. The molecular weight excluding hydrogens is 340 g/mol. The zero-order valence-corrected chi connectivity index (χ0v) is 19.8. The summed E-state index contributed by atoms with van der Waals surface area (Å²) >= 11 is 0. The third-order valence-electron chi connectivity index (χ3n) is 10.7. The molecule has 0 spiro atoms. The summed E-state index contributed by atoms with van der Waals surface area (Å²) in [6, 6.07) is 0. The Morgan fingerprint density at radius 1 is 0.893 bits per heavy atom. The molecule has 0 aliphatic heterocycles. The molecule has 28 heavy (non-hydrogen) atoms. The van der Waals surface area contributed by atoms with Gasteiger partial charge in [-0.25, -0.2) is 0 Å². The van der Waals surface area contributed by atoms with Crippen LogP contribution >= 0.6 is 0 Å². The molecule has 0 saturated heterocycles. The largest absolute Gasteiger partial charge is 0.393 e. The van der Waals surface area contributed by atoms with Crippen molar-refractivity contribution in [3.63, 3.8) is 0 Å². The lowest BCUT2D eigenvalue weighted by molar-refractivity contribution is -0.129. The molecule has 4 aliphatic rings. The van der Waals surface area contributed by atoms with Crippen LogP contribution in [0.3, 0.4) is 0 Å². The number of aliphatic hydroxyl groups is 1. The highest BCUT2D eigenvalue weighted by molar-refractivity contribution is 5.09. The van der Waals surface area contributed by atoms with Crippen LogP contribution in [0.1, 0.15) is 112 Å². The SMILES string of the molecule is CC(CCC(C)(C)C)C1CCC2C3CCC4CC(O)CC[C@]4(C)C3CC[C@]12C. The molecule has 162 valence electrons. The van der Waals surface area contributed by atoms with E-state index in [1.807, 2.05) is 0 Å². The third kappa shape index (κ3) is 3.50. The predicted molar refractivity (Wildman–Crippen MR) is 119 cm³/mol. The van der Waals surface area contributed by atoms with Crippen molar-refractivity contribution in [1.82, 2.24) is 0 Å². The van der Waals surface area contributed by atoms with Crippen LogP contribution in [-0.4, -0.2) is 11.2 Å². The van der Waals surface area contributed by atoms with E-state index < -0.39 is 0 Å². The molecule has 7 unspecified atom stereocenters. The van der Waals surface area contributed by atoms with Gasteiger partial charge in [-0.05, 0) is 122 Å². The van der Waals surface area contributed by atoms with E-state index in [1.54, 1.807) is 0 Å². The van der Waals surface area contributed by atoms with Crippen molar-refractivity contribution in [3.8, 4) is 0 Å². The fraction of sp³-hybridized carbons (Fsp3) is 1.00. The topological polar surface area (TPSA) is 20.2 Å². The lowest BCUT2D eigenvalue weighted by Gasteiger charge is -2.61. The summed E-state index contributed by atoms with van der Waals surface area (Å²) in [5.74, 6) is 5.56. The Labute approximate surface area is 175 Å². The highest BCUT2D eigenvalue weighted by Crippen LogP contribution is 2.68. The van der Waals surface area contributed by atoms with Crippen molar-refractivity contribution in [3.05, 3.63) is 0 Å². The van der Waals surface area contributed by atoms with Crippen LogP contribution in [0.15, 0.2) is 0 Å². The van der Waals surface area contributed by atoms with E-state index in [0.29, 0.717) is 16.2 Å². The summed E-state index contributed by atoms with van der Waals surface area (Å²) in [6.07, 6.45) is 15.0. The molecule has 4 aliphatic carbocycles. The number of rotatable bonds is 3. The van der Waals surface area contributed by atoms with E-state index in [0.717, 1.165) is 48.3 Å². The third-order valence-corrected chi connectivity index (χ3v) is 10.7. The first kappa shape index (κ1) is 21.2. The molecular formula is C27H48O. The van der Waals surface area contributed by atoms with Gasteiger partial charge in [0.2, 0.25) is 0 Å². The monoisotopic (exact) mass is 388 g/mol. The Balaban J connectivity index is 1.49. The maximum atomic E-state index is 10.3. The van der Waals surface area contributed by atoms with Crippen molar-refractivity contribution in [2.45, 2.75) is 118 Å². The minimum absolute atomic E-state index is 0.0111. The van der Waals surface area contributed by atoms with Crippen LogP contribution < -0.4 is 0 Å². The fourth-order valence-corrected chi connectivity index (χ4v) is 9.07. The number of aliphatic hydroxyl groups excluding tert-OH is 1. The smallest absolute Gasteiger partial charge is 0.0543 e. The minimum Gasteiger partial charge on any atom is -0.393 e. The average molecular weight is 389 g/mol. The second-order valence-corrected chi connectivity index (χ2v) is 13.4. The number of hydrogen-bond acceptors (Lipinski definition) is 1. The quantitative estimate of drug-likeness (QED) is 0.531. The lowest BCUT2D eigenvalue weighted by Crippen LogP contribution is -2.54. The van der Waals surface area contributed by atoms with Gasteiger partial charge in [-0.2, -0.15) is 0 Å². The van der Waals surface area contributed by atoms with Crippen LogP contribution in [0, 0.1) is 51.8 Å². The molecule has 4 saturated carbocycles. The van der Waals surface area contributed by atoms with Crippen molar-refractivity contribution in [1.29, 1.82) is 0 Å². The van der Waals surface area contributed by atoms with Gasteiger partial charge in [0.05, 0.1) is 6.10 Å². The highest BCUT2D eigenvalue weighted by Gasteiger charge is 2.60. The van der Waals surface area contributed by atoms with Gasteiger partial charge >= 0.3 is 0 Å². The molecule has 0 heterocycles. The second-order valence-electron chi connectivity index (χ2n) is 13.4. The van der Waals surface area contributed by atoms with Gasteiger partial charge in [-0.1, -0.05) is 41.5 Å². The molecule has 0 aromatic carbocycles. The number of hydrogen-bond donors (Lipinski definition) is 1. The zero-order valence-electron chi connectivity index (χ0n) is 19.8. The maximum absolute atomic E-state index is 10.3. The minimum atomic E-state index is -0.0111. The summed E-state index contributed by atoms with van der Waals surface area (Å²) in [4.78, 5) is 0. The van der Waals surface area contributed by atoms with Gasteiger partial charge in [0, 0.05) is 0 Å².